The highest BCUT2D eigenvalue weighted by Crippen LogP contribution is 2.23. The van der Waals surface area contributed by atoms with Crippen LogP contribution in [0, 0.1) is 0 Å². The number of amides is 1. The van der Waals surface area contributed by atoms with Gasteiger partial charge in [0.15, 0.2) is 5.82 Å². The van der Waals surface area contributed by atoms with Crippen LogP contribution in [0.1, 0.15) is 6.42 Å². The Morgan fingerprint density at radius 1 is 1.41 bits per heavy atom. The monoisotopic (exact) mass is 254 g/mol. The van der Waals surface area contributed by atoms with Gasteiger partial charge in [-0.15, -0.1) is 0 Å². The van der Waals surface area contributed by atoms with Gasteiger partial charge in [-0.3, -0.25) is 4.79 Å². The molecule has 0 saturated carbocycles. The van der Waals surface area contributed by atoms with Gasteiger partial charge in [0.05, 0.1) is 12.2 Å². The van der Waals surface area contributed by atoms with E-state index in [1.54, 1.807) is 24.1 Å². The Hall–Kier alpha value is -1.49. The Bertz CT molecular complexity index is 437. The van der Waals surface area contributed by atoms with Crippen molar-refractivity contribution in [1.82, 2.24) is 9.88 Å². The average molecular weight is 255 g/mol. The summed E-state index contributed by atoms with van der Waals surface area (Å²) in [5.74, 6) is 0.671. The fraction of sp³-hybridized carbons (Fsp3) is 0.455. The quantitative estimate of drug-likeness (QED) is 0.759. The van der Waals surface area contributed by atoms with E-state index in [-0.39, 0.29) is 5.91 Å². The Morgan fingerprint density at radius 3 is 2.94 bits per heavy atom. The second kappa shape index (κ2) is 4.79. The largest absolute Gasteiger partial charge is 0.396 e. The molecule has 1 aromatic rings. The van der Waals surface area contributed by atoms with Crippen molar-refractivity contribution in [2.45, 2.75) is 6.42 Å². The van der Waals surface area contributed by atoms with E-state index in [4.69, 9.17) is 17.3 Å². The molecule has 0 spiro atoms. The lowest BCUT2D eigenvalue weighted by Gasteiger charge is -2.22. The molecular weight excluding hydrogens is 240 g/mol. The summed E-state index contributed by atoms with van der Waals surface area (Å²) < 4.78 is 0. The maximum Gasteiger partial charge on any atom is 0.241 e. The lowest BCUT2D eigenvalue weighted by molar-refractivity contribution is -0.127. The molecule has 1 aromatic heterocycles. The van der Waals surface area contributed by atoms with E-state index in [2.05, 4.69) is 4.98 Å². The van der Waals surface area contributed by atoms with Crippen LogP contribution < -0.4 is 10.6 Å². The third kappa shape index (κ3) is 2.61. The number of carbonyl (C=O) groups is 1. The highest BCUT2D eigenvalue weighted by molar-refractivity contribution is 6.29. The number of pyridine rings is 1. The molecule has 0 atom stereocenters. The van der Waals surface area contributed by atoms with Gasteiger partial charge in [0, 0.05) is 20.1 Å². The van der Waals surface area contributed by atoms with Crippen molar-refractivity contribution >= 4 is 29.0 Å². The zero-order chi connectivity index (χ0) is 12.4. The van der Waals surface area contributed by atoms with Gasteiger partial charge in [0.1, 0.15) is 5.15 Å². The smallest absolute Gasteiger partial charge is 0.241 e. The van der Waals surface area contributed by atoms with Crippen LogP contribution in [-0.4, -0.2) is 42.5 Å². The SMILES string of the molecule is CN1CCCN(c2nc(Cl)ccc2N)CC1=O. The van der Waals surface area contributed by atoms with Gasteiger partial charge in [-0.05, 0) is 18.6 Å². The molecule has 6 heteroatoms. The zero-order valence-electron chi connectivity index (χ0n) is 9.69. The molecule has 1 aliphatic rings. The predicted molar refractivity (Wildman–Crippen MR) is 68.1 cm³/mol. The van der Waals surface area contributed by atoms with Crippen LogP contribution in [0.5, 0.6) is 0 Å². The summed E-state index contributed by atoms with van der Waals surface area (Å²) >= 11 is 5.85. The molecule has 2 N–H and O–H groups in total. The van der Waals surface area contributed by atoms with Crippen molar-refractivity contribution in [2.24, 2.45) is 0 Å². The Kier molecular flexibility index (Phi) is 3.38. The average Bonchev–Trinajstić information content (AvgIpc) is 2.45. The van der Waals surface area contributed by atoms with Crippen LogP contribution in [0.3, 0.4) is 0 Å². The number of nitrogens with two attached hydrogens (primary N) is 1. The van der Waals surface area contributed by atoms with Gasteiger partial charge < -0.3 is 15.5 Å². The molecule has 0 radical (unpaired) electrons. The zero-order valence-corrected chi connectivity index (χ0v) is 10.4. The van der Waals surface area contributed by atoms with Crippen molar-refractivity contribution in [1.29, 1.82) is 0 Å². The first-order valence-corrected chi connectivity index (χ1v) is 5.86. The summed E-state index contributed by atoms with van der Waals surface area (Å²) in [5, 5.41) is 0.388. The van der Waals surface area contributed by atoms with Crippen molar-refractivity contribution in [3.05, 3.63) is 17.3 Å². The minimum Gasteiger partial charge on any atom is -0.396 e. The van der Waals surface area contributed by atoms with Crippen molar-refractivity contribution in [3.8, 4) is 0 Å². The fourth-order valence-corrected chi connectivity index (χ4v) is 2.00. The molecule has 92 valence electrons. The molecule has 2 heterocycles. The molecule has 1 amide bonds. The molecule has 1 saturated heterocycles. The summed E-state index contributed by atoms with van der Waals surface area (Å²) in [6.45, 7) is 1.82. The third-order valence-corrected chi connectivity index (χ3v) is 3.05. The Labute approximate surface area is 105 Å². The molecule has 1 fully saturated rings. The summed E-state index contributed by atoms with van der Waals surface area (Å²) in [6, 6.07) is 3.36. The first-order valence-electron chi connectivity index (χ1n) is 5.49. The number of hydrogen-bond acceptors (Lipinski definition) is 4. The summed E-state index contributed by atoms with van der Waals surface area (Å²) in [5.41, 5.74) is 6.41. The van der Waals surface area contributed by atoms with Gasteiger partial charge >= 0.3 is 0 Å². The van der Waals surface area contributed by atoms with Gasteiger partial charge in [-0.1, -0.05) is 11.6 Å². The number of aromatic nitrogens is 1. The maximum absolute atomic E-state index is 11.8. The van der Waals surface area contributed by atoms with Crippen molar-refractivity contribution in [2.75, 3.05) is 37.3 Å². The van der Waals surface area contributed by atoms with Crippen LogP contribution in [0.25, 0.3) is 0 Å². The maximum atomic E-state index is 11.8. The van der Waals surface area contributed by atoms with Gasteiger partial charge in [0.2, 0.25) is 5.91 Å². The first-order chi connectivity index (χ1) is 8.08. The lowest BCUT2D eigenvalue weighted by Crippen LogP contribution is -2.35. The van der Waals surface area contributed by atoms with E-state index >= 15 is 0 Å². The Balaban J connectivity index is 2.26. The molecule has 2 rings (SSSR count). The normalized spacial score (nSPS) is 17.2. The molecule has 17 heavy (non-hydrogen) atoms. The van der Waals surface area contributed by atoms with Crippen LogP contribution in [0.4, 0.5) is 11.5 Å². The number of likely N-dealkylation sites (N-methyl/N-ethyl adjacent to an activating group) is 1. The highest BCUT2D eigenvalue weighted by atomic mass is 35.5. The minimum atomic E-state index is 0.0728. The molecular formula is C11H15ClN4O. The standard InChI is InChI=1S/C11H15ClN4O/c1-15-5-2-6-16(7-10(15)17)11-8(13)3-4-9(12)14-11/h3-4H,2,5-7,13H2,1H3. The lowest BCUT2D eigenvalue weighted by atomic mass is 10.3. The van der Waals surface area contributed by atoms with E-state index < -0.39 is 0 Å². The van der Waals surface area contributed by atoms with E-state index in [1.165, 1.54) is 0 Å². The fourth-order valence-electron chi connectivity index (χ4n) is 1.86. The van der Waals surface area contributed by atoms with Gasteiger partial charge in [0.25, 0.3) is 0 Å². The molecule has 0 bridgehead atoms. The Morgan fingerprint density at radius 2 is 2.18 bits per heavy atom. The molecule has 0 unspecified atom stereocenters. The first kappa shape index (κ1) is 12.0. The second-order valence-electron chi connectivity index (χ2n) is 4.14. The molecule has 5 nitrogen and oxygen atoms in total. The second-order valence-corrected chi connectivity index (χ2v) is 4.52. The number of anilines is 2. The molecule has 1 aliphatic heterocycles. The number of nitrogens with zero attached hydrogens (tertiary/aromatic N) is 3. The van der Waals surface area contributed by atoms with E-state index in [0.717, 1.165) is 19.5 Å². The van der Waals surface area contributed by atoms with Gasteiger partial charge in [-0.2, -0.15) is 0 Å². The number of nitrogen functional groups attached to an aromatic ring is 1. The number of rotatable bonds is 1. The number of carbonyl (C=O) groups excluding carboxylic acids is 1. The third-order valence-electron chi connectivity index (χ3n) is 2.84. The van der Waals surface area contributed by atoms with Crippen LogP contribution in [0.2, 0.25) is 5.15 Å². The van der Waals surface area contributed by atoms with E-state index in [1.807, 2.05) is 4.90 Å². The highest BCUT2D eigenvalue weighted by Gasteiger charge is 2.21. The predicted octanol–water partition coefficient (Wildman–Crippen LogP) is 0.986. The van der Waals surface area contributed by atoms with E-state index in [0.29, 0.717) is 23.2 Å². The number of halogens is 1. The van der Waals surface area contributed by atoms with E-state index in [9.17, 15) is 4.79 Å². The van der Waals surface area contributed by atoms with Crippen LogP contribution in [-0.2, 0) is 4.79 Å². The van der Waals surface area contributed by atoms with Crippen LogP contribution in [0.15, 0.2) is 12.1 Å². The summed E-state index contributed by atoms with van der Waals surface area (Å²) in [7, 11) is 1.81. The van der Waals surface area contributed by atoms with Crippen molar-refractivity contribution < 1.29 is 4.79 Å². The topological polar surface area (TPSA) is 62.5 Å². The minimum absolute atomic E-state index is 0.0728. The summed E-state index contributed by atoms with van der Waals surface area (Å²) in [4.78, 5) is 19.6. The molecule has 0 aliphatic carbocycles. The molecule has 0 aromatic carbocycles. The summed E-state index contributed by atoms with van der Waals surface area (Å²) in [6.07, 6.45) is 0.899. The van der Waals surface area contributed by atoms with Gasteiger partial charge in [-0.25, -0.2) is 4.98 Å². The van der Waals surface area contributed by atoms with Crippen LogP contribution >= 0.6 is 11.6 Å². The number of hydrogen-bond donors (Lipinski definition) is 1. The van der Waals surface area contributed by atoms with Crippen molar-refractivity contribution in [3.63, 3.8) is 0 Å².